The van der Waals surface area contributed by atoms with Gasteiger partial charge in [-0.15, -0.1) is 0 Å². The van der Waals surface area contributed by atoms with Crippen LogP contribution in [0, 0.1) is 6.92 Å². The Bertz CT molecular complexity index is 520. The van der Waals surface area contributed by atoms with Gasteiger partial charge in [0.15, 0.2) is 0 Å². The third-order valence-corrected chi connectivity index (χ3v) is 3.14. The van der Waals surface area contributed by atoms with Crippen molar-refractivity contribution in [1.29, 1.82) is 0 Å². The molecule has 3 nitrogen and oxygen atoms in total. The van der Waals surface area contributed by atoms with Gasteiger partial charge in [0.25, 0.3) is 0 Å². The summed E-state index contributed by atoms with van der Waals surface area (Å²) in [5.41, 5.74) is 3.28. The molecule has 1 aromatic carbocycles. The molecule has 18 heavy (non-hydrogen) atoms. The number of rotatable bonds is 5. The summed E-state index contributed by atoms with van der Waals surface area (Å²) < 4.78 is 1.88. The molecule has 1 N–H and O–H groups in total. The minimum Gasteiger partial charge on any atom is -0.313 e. The molecule has 0 fully saturated rings. The molecule has 0 radical (unpaired) electrons. The lowest BCUT2D eigenvalue weighted by atomic mass is 10.1. The Kier molecular flexibility index (Phi) is 4.39. The second-order valence-electron chi connectivity index (χ2n) is 4.38. The Hall–Kier alpha value is -1.32. The SMILES string of the molecule is CCCNCc1c(Cl)cccc1-n1cc(C)cn1. The van der Waals surface area contributed by atoms with Crippen LogP contribution >= 0.6 is 11.6 Å². The first-order valence-corrected chi connectivity index (χ1v) is 6.60. The third kappa shape index (κ3) is 2.92. The lowest BCUT2D eigenvalue weighted by molar-refractivity contribution is 0.670. The Morgan fingerprint density at radius 3 is 2.89 bits per heavy atom. The number of aryl methyl sites for hydroxylation is 1. The second kappa shape index (κ2) is 6.03. The Morgan fingerprint density at radius 2 is 2.22 bits per heavy atom. The lowest BCUT2D eigenvalue weighted by Gasteiger charge is -2.12. The first-order chi connectivity index (χ1) is 8.72. The molecule has 0 spiro atoms. The van der Waals surface area contributed by atoms with Gasteiger partial charge in [0.05, 0.1) is 11.9 Å². The largest absolute Gasteiger partial charge is 0.313 e. The van der Waals surface area contributed by atoms with Crippen LogP contribution in [0.5, 0.6) is 0 Å². The van der Waals surface area contributed by atoms with Crippen molar-refractivity contribution in [1.82, 2.24) is 15.1 Å². The molecule has 0 bridgehead atoms. The van der Waals surface area contributed by atoms with Crippen molar-refractivity contribution in [2.45, 2.75) is 26.8 Å². The van der Waals surface area contributed by atoms with Crippen LogP contribution in [0.1, 0.15) is 24.5 Å². The molecule has 2 rings (SSSR count). The number of hydrogen-bond acceptors (Lipinski definition) is 2. The topological polar surface area (TPSA) is 29.9 Å². The molecule has 0 saturated carbocycles. The normalized spacial score (nSPS) is 10.8. The van der Waals surface area contributed by atoms with Gasteiger partial charge >= 0.3 is 0 Å². The van der Waals surface area contributed by atoms with E-state index in [0.29, 0.717) is 0 Å². The summed E-state index contributed by atoms with van der Waals surface area (Å²) in [4.78, 5) is 0. The zero-order chi connectivity index (χ0) is 13.0. The molecule has 0 aliphatic rings. The number of nitrogens with one attached hydrogen (secondary N) is 1. The van der Waals surface area contributed by atoms with Crippen molar-refractivity contribution in [3.63, 3.8) is 0 Å². The molecule has 0 amide bonds. The van der Waals surface area contributed by atoms with Gasteiger partial charge in [-0.1, -0.05) is 24.6 Å². The van der Waals surface area contributed by atoms with Gasteiger partial charge in [-0.05, 0) is 37.6 Å². The van der Waals surface area contributed by atoms with E-state index in [2.05, 4.69) is 17.3 Å². The first kappa shape index (κ1) is 13.1. The summed E-state index contributed by atoms with van der Waals surface area (Å²) in [6.07, 6.45) is 4.97. The zero-order valence-electron chi connectivity index (χ0n) is 10.8. The molecule has 1 heterocycles. The van der Waals surface area contributed by atoms with Crippen molar-refractivity contribution < 1.29 is 0 Å². The van der Waals surface area contributed by atoms with Gasteiger partial charge in [0.1, 0.15) is 0 Å². The van der Waals surface area contributed by atoms with E-state index in [1.54, 1.807) is 0 Å². The van der Waals surface area contributed by atoms with E-state index < -0.39 is 0 Å². The summed E-state index contributed by atoms with van der Waals surface area (Å²) in [5, 5.41) is 8.51. The summed E-state index contributed by atoms with van der Waals surface area (Å²) >= 11 is 6.28. The maximum atomic E-state index is 6.28. The van der Waals surface area contributed by atoms with E-state index >= 15 is 0 Å². The van der Waals surface area contributed by atoms with E-state index in [4.69, 9.17) is 11.6 Å². The highest BCUT2D eigenvalue weighted by atomic mass is 35.5. The van der Waals surface area contributed by atoms with E-state index in [1.807, 2.05) is 42.2 Å². The van der Waals surface area contributed by atoms with Crippen LogP contribution in [-0.2, 0) is 6.54 Å². The van der Waals surface area contributed by atoms with Gasteiger partial charge in [0, 0.05) is 23.3 Å². The lowest BCUT2D eigenvalue weighted by Crippen LogP contribution is -2.16. The van der Waals surface area contributed by atoms with Gasteiger partial charge < -0.3 is 5.32 Å². The van der Waals surface area contributed by atoms with Crippen LogP contribution in [0.3, 0.4) is 0 Å². The van der Waals surface area contributed by atoms with Crippen molar-refractivity contribution in [2.75, 3.05) is 6.54 Å². The molecular weight excluding hydrogens is 246 g/mol. The zero-order valence-corrected chi connectivity index (χ0v) is 11.5. The predicted octanol–water partition coefficient (Wildman–Crippen LogP) is 3.33. The van der Waals surface area contributed by atoms with E-state index in [0.717, 1.165) is 41.3 Å². The smallest absolute Gasteiger partial charge is 0.0705 e. The van der Waals surface area contributed by atoms with Crippen LogP contribution in [-0.4, -0.2) is 16.3 Å². The molecule has 2 aromatic rings. The highest BCUT2D eigenvalue weighted by Crippen LogP contribution is 2.23. The van der Waals surface area contributed by atoms with Gasteiger partial charge in [-0.2, -0.15) is 5.10 Å². The number of aromatic nitrogens is 2. The molecule has 0 saturated heterocycles. The van der Waals surface area contributed by atoms with Crippen molar-refractivity contribution >= 4 is 11.6 Å². The highest BCUT2D eigenvalue weighted by Gasteiger charge is 2.09. The molecule has 1 aromatic heterocycles. The van der Waals surface area contributed by atoms with Crippen LogP contribution in [0.4, 0.5) is 0 Å². The van der Waals surface area contributed by atoms with Crippen LogP contribution in [0.25, 0.3) is 5.69 Å². The van der Waals surface area contributed by atoms with E-state index in [1.165, 1.54) is 0 Å². The van der Waals surface area contributed by atoms with Gasteiger partial charge in [-0.25, -0.2) is 4.68 Å². The van der Waals surface area contributed by atoms with Gasteiger partial charge in [-0.3, -0.25) is 0 Å². The summed E-state index contributed by atoms with van der Waals surface area (Å²) in [7, 11) is 0. The van der Waals surface area contributed by atoms with Crippen LogP contribution < -0.4 is 5.32 Å². The van der Waals surface area contributed by atoms with Gasteiger partial charge in [0.2, 0.25) is 0 Å². The quantitative estimate of drug-likeness (QED) is 0.839. The average Bonchev–Trinajstić information content (AvgIpc) is 2.78. The summed E-state index contributed by atoms with van der Waals surface area (Å²) in [6.45, 7) is 5.94. The minimum absolute atomic E-state index is 0.766. The fraction of sp³-hybridized carbons (Fsp3) is 0.357. The first-order valence-electron chi connectivity index (χ1n) is 6.22. The van der Waals surface area contributed by atoms with Crippen LogP contribution in [0.2, 0.25) is 5.02 Å². The number of nitrogens with zero attached hydrogens (tertiary/aromatic N) is 2. The molecule has 96 valence electrons. The molecular formula is C14H18ClN3. The monoisotopic (exact) mass is 263 g/mol. The number of benzene rings is 1. The van der Waals surface area contributed by atoms with Crippen molar-refractivity contribution in [2.24, 2.45) is 0 Å². The second-order valence-corrected chi connectivity index (χ2v) is 4.78. The van der Waals surface area contributed by atoms with Crippen molar-refractivity contribution in [3.05, 3.63) is 46.7 Å². The van der Waals surface area contributed by atoms with Crippen LogP contribution in [0.15, 0.2) is 30.6 Å². The fourth-order valence-corrected chi connectivity index (χ4v) is 2.11. The Balaban J connectivity index is 2.31. The summed E-state index contributed by atoms with van der Waals surface area (Å²) in [6, 6.07) is 5.92. The Morgan fingerprint density at radius 1 is 1.39 bits per heavy atom. The fourth-order valence-electron chi connectivity index (χ4n) is 1.87. The third-order valence-electron chi connectivity index (χ3n) is 2.78. The highest BCUT2D eigenvalue weighted by molar-refractivity contribution is 6.31. The maximum absolute atomic E-state index is 6.28. The predicted molar refractivity (Wildman–Crippen MR) is 75.3 cm³/mol. The van der Waals surface area contributed by atoms with E-state index in [9.17, 15) is 0 Å². The molecule has 0 unspecified atom stereocenters. The van der Waals surface area contributed by atoms with E-state index in [-0.39, 0.29) is 0 Å². The number of halogens is 1. The summed E-state index contributed by atoms with van der Waals surface area (Å²) in [5.74, 6) is 0. The number of hydrogen-bond donors (Lipinski definition) is 1. The van der Waals surface area contributed by atoms with Crippen molar-refractivity contribution in [3.8, 4) is 5.69 Å². The standard InChI is InChI=1S/C14H18ClN3/c1-3-7-16-9-12-13(15)5-4-6-14(12)18-10-11(2)8-17-18/h4-6,8,10,16H,3,7,9H2,1-2H3. The molecule has 0 aliphatic carbocycles. The average molecular weight is 264 g/mol. The molecule has 0 atom stereocenters. The molecule has 0 aliphatic heterocycles. The molecule has 4 heteroatoms. The Labute approximate surface area is 113 Å². The minimum atomic E-state index is 0.766. The maximum Gasteiger partial charge on any atom is 0.0705 e.